The van der Waals surface area contributed by atoms with Crippen LogP contribution in [0.5, 0.6) is 23.0 Å². The van der Waals surface area contributed by atoms with Gasteiger partial charge in [-0.1, -0.05) is 111 Å². The molecule has 0 aliphatic rings. The van der Waals surface area contributed by atoms with Gasteiger partial charge in [0.25, 0.3) is 0 Å². The van der Waals surface area contributed by atoms with Crippen molar-refractivity contribution in [3.63, 3.8) is 0 Å². The van der Waals surface area contributed by atoms with Crippen molar-refractivity contribution in [3.05, 3.63) is 126 Å². The minimum atomic E-state index is -4.17. The number of nitrogens with one attached hydrogen (secondary N) is 1. The largest absolute Gasteiger partial charge is 0.504 e. The highest BCUT2D eigenvalue weighted by Crippen LogP contribution is 2.43. The number of carbonyl (C=O) groups excluding carboxylic acids is 1. The number of amides is 1. The summed E-state index contributed by atoms with van der Waals surface area (Å²) in [6.45, 7) is 0.495. The van der Waals surface area contributed by atoms with Gasteiger partial charge in [0.2, 0.25) is 5.91 Å². The lowest BCUT2D eigenvalue weighted by Crippen LogP contribution is -2.40. The average Bonchev–Trinajstić information content (AvgIpc) is 3.04. The van der Waals surface area contributed by atoms with Gasteiger partial charge >= 0.3 is 10.1 Å². The van der Waals surface area contributed by atoms with Crippen LogP contribution in [-0.2, 0) is 19.7 Å². The van der Waals surface area contributed by atoms with E-state index in [4.69, 9.17) is 4.18 Å². The summed E-state index contributed by atoms with van der Waals surface area (Å²) in [4.78, 5) is 12.1. The third-order valence-electron chi connectivity index (χ3n) is 7.63. The van der Waals surface area contributed by atoms with Crippen molar-refractivity contribution in [3.8, 4) is 23.0 Å². The zero-order valence-corrected chi connectivity index (χ0v) is 25.8. The maximum atomic E-state index is 14.2. The summed E-state index contributed by atoms with van der Waals surface area (Å²) in [5, 5.41) is 31.4. The molecule has 4 rings (SSSR count). The molecule has 0 atom stereocenters. The summed E-state index contributed by atoms with van der Waals surface area (Å²) in [5.74, 6) is -1.58. The maximum Gasteiger partial charge on any atom is 0.323 e. The Kier molecular flexibility index (Phi) is 11.6. The van der Waals surface area contributed by atoms with Gasteiger partial charge in [0.1, 0.15) is 5.75 Å². The van der Waals surface area contributed by atoms with Gasteiger partial charge in [-0.15, -0.1) is 0 Å². The highest BCUT2D eigenvalue weighted by atomic mass is 32.2. The van der Waals surface area contributed by atoms with E-state index < -0.39 is 32.1 Å². The lowest BCUT2D eigenvalue weighted by atomic mass is 9.85. The maximum absolute atomic E-state index is 14.2. The first kappa shape index (κ1) is 33.1. The lowest BCUT2D eigenvalue weighted by Gasteiger charge is -2.34. The Balaban J connectivity index is 1.31. The number of para-hydroxylation sites is 1. The number of rotatable bonds is 16. The van der Waals surface area contributed by atoms with Crippen molar-refractivity contribution >= 4 is 22.1 Å². The molecule has 0 aliphatic carbocycles. The molecule has 0 aromatic heterocycles. The van der Waals surface area contributed by atoms with Crippen molar-refractivity contribution in [2.45, 2.75) is 49.7 Å². The first-order chi connectivity index (χ1) is 21.7. The number of aromatic hydroxyl groups is 3. The first-order valence-electron chi connectivity index (χ1n) is 15.0. The Morgan fingerprint density at radius 3 is 1.76 bits per heavy atom. The second kappa shape index (κ2) is 15.8. The zero-order valence-electron chi connectivity index (χ0n) is 25.0. The molecule has 4 aromatic carbocycles. The van der Waals surface area contributed by atoms with Gasteiger partial charge in [0.15, 0.2) is 22.0 Å². The van der Waals surface area contributed by atoms with E-state index in [1.807, 2.05) is 66.7 Å². The molecule has 0 heterocycles. The van der Waals surface area contributed by atoms with Crippen LogP contribution in [0.3, 0.4) is 0 Å². The first-order valence-corrected chi connectivity index (χ1v) is 16.4. The molecule has 0 bridgehead atoms. The molecule has 236 valence electrons. The predicted molar refractivity (Wildman–Crippen MR) is 175 cm³/mol. The summed E-state index contributed by atoms with van der Waals surface area (Å²) >= 11 is 0. The molecule has 45 heavy (non-hydrogen) atoms. The summed E-state index contributed by atoms with van der Waals surface area (Å²) in [7, 11) is -4.17. The van der Waals surface area contributed by atoms with Gasteiger partial charge < -0.3 is 24.8 Å². The molecule has 4 N–H and O–H groups in total. The van der Waals surface area contributed by atoms with Crippen LogP contribution < -0.4 is 9.50 Å². The molecule has 0 aliphatic heterocycles. The minimum Gasteiger partial charge on any atom is -0.504 e. The fraction of sp³-hybridized carbons (Fsp3) is 0.250. The van der Waals surface area contributed by atoms with Gasteiger partial charge in [0.05, 0.1) is 0 Å². The van der Waals surface area contributed by atoms with E-state index in [0.717, 1.165) is 32.1 Å². The van der Waals surface area contributed by atoms with Crippen molar-refractivity contribution in [1.29, 1.82) is 0 Å². The van der Waals surface area contributed by atoms with Gasteiger partial charge in [-0.3, -0.25) is 4.79 Å². The SMILES string of the molecule is O=C(/C=C/c1cc(O)c(O)c(O)c1)NCCCCCCCCC(c1ccccc1)(c1ccccc1)S(=O)(=O)Oc1ccccc1. The van der Waals surface area contributed by atoms with E-state index in [-0.39, 0.29) is 11.7 Å². The van der Waals surface area contributed by atoms with E-state index in [1.54, 1.807) is 24.3 Å². The van der Waals surface area contributed by atoms with Gasteiger partial charge in [-0.25, -0.2) is 0 Å². The highest BCUT2D eigenvalue weighted by molar-refractivity contribution is 7.88. The molecule has 4 aromatic rings. The van der Waals surface area contributed by atoms with Crippen molar-refractivity contribution in [2.75, 3.05) is 6.54 Å². The number of phenols is 3. The molecule has 0 radical (unpaired) electrons. The van der Waals surface area contributed by atoms with Crippen LogP contribution in [0.15, 0.2) is 109 Å². The van der Waals surface area contributed by atoms with Crippen LogP contribution in [0.25, 0.3) is 6.08 Å². The third kappa shape index (κ3) is 8.67. The molecule has 0 spiro atoms. The summed E-state index contributed by atoms with van der Waals surface area (Å²) in [5.41, 5.74) is 1.70. The number of carbonyl (C=O) groups is 1. The Morgan fingerprint density at radius 2 is 1.20 bits per heavy atom. The van der Waals surface area contributed by atoms with Gasteiger partial charge in [0, 0.05) is 12.6 Å². The number of phenolic OH excluding ortho intramolecular Hbond substituents is 3. The van der Waals surface area contributed by atoms with Crippen molar-refractivity contribution in [1.82, 2.24) is 5.32 Å². The summed E-state index contributed by atoms with van der Waals surface area (Å²) in [6, 6.07) is 29.6. The Bertz CT molecular complexity index is 1600. The smallest absolute Gasteiger partial charge is 0.323 e. The van der Waals surface area contributed by atoms with Gasteiger partial charge in [-0.05, 0) is 59.9 Å². The number of hydrogen-bond acceptors (Lipinski definition) is 7. The van der Waals surface area contributed by atoms with E-state index in [2.05, 4.69) is 5.32 Å². The van der Waals surface area contributed by atoms with Crippen LogP contribution >= 0.6 is 0 Å². The second-order valence-electron chi connectivity index (χ2n) is 10.8. The fourth-order valence-corrected chi connectivity index (χ4v) is 7.08. The Morgan fingerprint density at radius 1 is 0.711 bits per heavy atom. The zero-order chi connectivity index (χ0) is 32.1. The highest BCUT2D eigenvalue weighted by Gasteiger charge is 2.48. The molecule has 0 fully saturated rings. The van der Waals surface area contributed by atoms with E-state index in [0.29, 0.717) is 36.1 Å². The van der Waals surface area contributed by atoms with Crippen LogP contribution in [0.4, 0.5) is 0 Å². The van der Waals surface area contributed by atoms with E-state index in [1.165, 1.54) is 24.3 Å². The molecule has 0 unspecified atom stereocenters. The normalized spacial score (nSPS) is 11.8. The van der Waals surface area contributed by atoms with Crippen LogP contribution in [0.1, 0.15) is 61.6 Å². The second-order valence-corrected chi connectivity index (χ2v) is 12.6. The number of unbranched alkanes of at least 4 members (excludes halogenated alkanes) is 5. The van der Waals surface area contributed by atoms with Crippen LogP contribution in [0, 0.1) is 0 Å². The predicted octanol–water partition coefficient (Wildman–Crippen LogP) is 7.02. The van der Waals surface area contributed by atoms with Gasteiger partial charge in [-0.2, -0.15) is 8.42 Å². The Hall–Kier alpha value is -4.76. The molecule has 0 saturated carbocycles. The average molecular weight is 630 g/mol. The molecule has 9 heteroatoms. The van der Waals surface area contributed by atoms with Crippen molar-refractivity contribution < 1.29 is 32.7 Å². The molecule has 1 amide bonds. The van der Waals surface area contributed by atoms with E-state index in [9.17, 15) is 28.5 Å². The van der Waals surface area contributed by atoms with Crippen molar-refractivity contribution in [2.24, 2.45) is 0 Å². The fourth-order valence-electron chi connectivity index (χ4n) is 5.33. The van der Waals surface area contributed by atoms with E-state index >= 15 is 0 Å². The number of hydrogen-bond donors (Lipinski definition) is 4. The van der Waals surface area contributed by atoms with Crippen LogP contribution in [0.2, 0.25) is 0 Å². The lowest BCUT2D eigenvalue weighted by molar-refractivity contribution is -0.116. The molecule has 8 nitrogen and oxygen atoms in total. The molecular formula is C36H39NO7S. The monoisotopic (exact) mass is 629 g/mol. The quantitative estimate of drug-likeness (QED) is 0.0453. The topological polar surface area (TPSA) is 133 Å². The van der Waals surface area contributed by atoms with Crippen LogP contribution in [-0.4, -0.2) is 36.2 Å². The number of benzene rings is 4. The summed E-state index contributed by atoms with van der Waals surface area (Å²) < 4.78 is 32.8. The standard InChI is InChI=1S/C36H39NO7S/c38-32-26-28(27-33(39)35(32)41)22-23-34(40)37-25-15-4-2-1-3-14-24-36(29-16-8-5-9-17-29,30-18-10-6-11-19-30)45(42,43)44-31-20-12-7-13-21-31/h5-13,16-23,26-27,38-39,41H,1-4,14-15,24-25H2,(H,37,40)/b23-22+. The minimum absolute atomic E-state index is 0.273. The molecular weight excluding hydrogens is 590 g/mol. The molecule has 0 saturated heterocycles. The summed E-state index contributed by atoms with van der Waals surface area (Å²) in [6.07, 6.45) is 8.15. The Labute approximate surface area is 264 Å². The third-order valence-corrected chi connectivity index (χ3v) is 9.57.